The lowest BCUT2D eigenvalue weighted by Gasteiger charge is -2.34. The minimum absolute atomic E-state index is 0. The summed E-state index contributed by atoms with van der Waals surface area (Å²) in [5, 5.41) is 2.98. The van der Waals surface area contributed by atoms with E-state index < -0.39 is 0 Å². The van der Waals surface area contributed by atoms with E-state index >= 15 is 0 Å². The summed E-state index contributed by atoms with van der Waals surface area (Å²) in [4.78, 5) is 26.4. The van der Waals surface area contributed by atoms with Crippen LogP contribution in [-0.4, -0.2) is 35.8 Å². The Labute approximate surface area is 150 Å². The van der Waals surface area contributed by atoms with Crippen molar-refractivity contribution in [2.75, 3.05) is 18.8 Å². The second kappa shape index (κ2) is 10.2. The molecule has 1 unspecified atom stereocenters. The van der Waals surface area contributed by atoms with Gasteiger partial charge >= 0.3 is 0 Å². The van der Waals surface area contributed by atoms with Crippen molar-refractivity contribution >= 4 is 29.9 Å². The lowest BCUT2D eigenvalue weighted by atomic mass is 10.0. The molecule has 0 spiro atoms. The molecule has 1 aliphatic rings. The van der Waals surface area contributed by atoms with Crippen molar-refractivity contribution in [1.29, 1.82) is 0 Å². The molecule has 1 aromatic rings. The fourth-order valence-corrected chi connectivity index (χ4v) is 2.99. The van der Waals surface area contributed by atoms with Crippen LogP contribution in [0.25, 0.3) is 0 Å². The van der Waals surface area contributed by atoms with Crippen LogP contribution in [0.2, 0.25) is 0 Å². The minimum atomic E-state index is -0.297. The first-order chi connectivity index (χ1) is 11.1. The molecule has 0 radical (unpaired) electrons. The molecule has 0 aliphatic carbocycles. The zero-order valence-corrected chi connectivity index (χ0v) is 15.1. The molecule has 1 heterocycles. The van der Waals surface area contributed by atoms with Gasteiger partial charge in [0, 0.05) is 25.2 Å². The maximum absolute atomic E-state index is 12.4. The molecular formula is C18H28ClN3O2. The summed E-state index contributed by atoms with van der Waals surface area (Å²) < 4.78 is 0. The third-order valence-corrected chi connectivity index (χ3v) is 4.28. The van der Waals surface area contributed by atoms with Crippen LogP contribution >= 0.6 is 12.4 Å². The van der Waals surface area contributed by atoms with Crippen LogP contribution in [0.4, 0.5) is 5.69 Å². The van der Waals surface area contributed by atoms with E-state index in [0.717, 1.165) is 43.4 Å². The number of nitrogens with zero attached hydrogens (tertiary/aromatic N) is 1. The maximum Gasteiger partial charge on any atom is 0.242 e. The fourth-order valence-electron chi connectivity index (χ4n) is 2.99. The molecular weight excluding hydrogens is 326 g/mol. The quantitative estimate of drug-likeness (QED) is 0.771. The summed E-state index contributed by atoms with van der Waals surface area (Å²) in [6, 6.07) is 7.37. The number of carbonyl (C=O) groups excluding carboxylic acids is 2. The number of nitrogens with two attached hydrogens (primary N) is 1. The summed E-state index contributed by atoms with van der Waals surface area (Å²) in [5.74, 6) is 0.0792. The molecule has 1 atom stereocenters. The number of nitrogens with one attached hydrogen (secondary N) is 1. The molecule has 0 saturated carbocycles. The van der Waals surface area contributed by atoms with E-state index in [2.05, 4.69) is 5.32 Å². The Morgan fingerprint density at radius 3 is 2.62 bits per heavy atom. The number of likely N-dealkylation sites (tertiary alicyclic amines) is 1. The van der Waals surface area contributed by atoms with Crippen molar-refractivity contribution in [1.82, 2.24) is 10.2 Å². The molecule has 0 bridgehead atoms. The molecule has 2 rings (SSSR count). The highest BCUT2D eigenvalue weighted by Crippen LogP contribution is 2.18. The Morgan fingerprint density at radius 1 is 1.25 bits per heavy atom. The van der Waals surface area contributed by atoms with Gasteiger partial charge in [0.05, 0.1) is 0 Å². The van der Waals surface area contributed by atoms with Crippen molar-refractivity contribution in [3.05, 3.63) is 29.8 Å². The molecule has 5 nitrogen and oxygen atoms in total. The van der Waals surface area contributed by atoms with E-state index in [4.69, 9.17) is 5.73 Å². The van der Waals surface area contributed by atoms with Crippen LogP contribution in [0.5, 0.6) is 0 Å². The van der Waals surface area contributed by atoms with Crippen LogP contribution in [0.3, 0.4) is 0 Å². The van der Waals surface area contributed by atoms with Gasteiger partial charge < -0.3 is 16.0 Å². The summed E-state index contributed by atoms with van der Waals surface area (Å²) >= 11 is 0. The van der Waals surface area contributed by atoms with Crippen LogP contribution in [-0.2, 0) is 16.0 Å². The number of carbonyl (C=O) groups is 2. The molecule has 3 N–H and O–H groups in total. The highest BCUT2D eigenvalue weighted by atomic mass is 35.5. The monoisotopic (exact) mass is 353 g/mol. The number of piperidine rings is 1. The van der Waals surface area contributed by atoms with Gasteiger partial charge in [0.25, 0.3) is 0 Å². The Balaban J connectivity index is 0.00000288. The number of rotatable bonds is 6. The highest BCUT2D eigenvalue weighted by molar-refractivity contribution is 5.87. The number of nitrogen functional groups attached to an aromatic ring is 1. The summed E-state index contributed by atoms with van der Waals surface area (Å²) in [6.45, 7) is 3.27. The third kappa shape index (κ3) is 5.71. The van der Waals surface area contributed by atoms with Crippen molar-refractivity contribution in [2.24, 2.45) is 0 Å². The lowest BCUT2D eigenvalue weighted by molar-refractivity contribution is -0.142. The first-order valence-corrected chi connectivity index (χ1v) is 8.53. The number of anilines is 1. The van der Waals surface area contributed by atoms with Gasteiger partial charge in [-0.25, -0.2) is 0 Å². The molecule has 24 heavy (non-hydrogen) atoms. The van der Waals surface area contributed by atoms with Gasteiger partial charge in [-0.3, -0.25) is 9.59 Å². The molecule has 6 heteroatoms. The van der Waals surface area contributed by atoms with Gasteiger partial charge in [-0.15, -0.1) is 12.4 Å². The van der Waals surface area contributed by atoms with Gasteiger partial charge in [0.15, 0.2) is 0 Å². The van der Waals surface area contributed by atoms with Crippen LogP contribution in [0.1, 0.15) is 44.6 Å². The van der Waals surface area contributed by atoms with Gasteiger partial charge in [0.2, 0.25) is 11.8 Å². The molecule has 1 saturated heterocycles. The molecule has 2 amide bonds. The van der Waals surface area contributed by atoms with E-state index in [1.54, 1.807) is 4.90 Å². The van der Waals surface area contributed by atoms with Gasteiger partial charge in [0.1, 0.15) is 6.04 Å². The lowest BCUT2D eigenvalue weighted by Crippen LogP contribution is -2.52. The number of hydrogen-bond acceptors (Lipinski definition) is 3. The standard InChI is InChI=1S/C18H27N3O2.ClH/c1-2-5-17(22)21-13-4-3-6-16(21)18(23)20-12-11-14-7-9-15(19)10-8-14;/h7-10,16H,2-6,11-13,19H2,1H3,(H,20,23);1H. The first-order valence-electron chi connectivity index (χ1n) is 8.53. The van der Waals surface area contributed by atoms with E-state index in [9.17, 15) is 9.59 Å². The van der Waals surface area contributed by atoms with Gasteiger partial charge in [-0.05, 0) is 49.8 Å². The van der Waals surface area contributed by atoms with Crippen molar-refractivity contribution in [2.45, 2.75) is 51.5 Å². The predicted octanol–water partition coefficient (Wildman–Crippen LogP) is 2.53. The number of benzene rings is 1. The summed E-state index contributed by atoms with van der Waals surface area (Å²) in [6.07, 6.45) is 4.87. The van der Waals surface area contributed by atoms with Crippen LogP contribution in [0, 0.1) is 0 Å². The van der Waals surface area contributed by atoms with E-state index in [0.29, 0.717) is 19.5 Å². The number of hydrogen-bond donors (Lipinski definition) is 2. The third-order valence-electron chi connectivity index (χ3n) is 4.28. The van der Waals surface area contributed by atoms with Gasteiger partial charge in [-0.2, -0.15) is 0 Å². The molecule has 0 aromatic heterocycles. The number of halogens is 1. The van der Waals surface area contributed by atoms with Crippen LogP contribution in [0.15, 0.2) is 24.3 Å². The molecule has 134 valence electrons. The summed E-state index contributed by atoms with van der Waals surface area (Å²) in [7, 11) is 0. The largest absolute Gasteiger partial charge is 0.399 e. The van der Waals surface area contributed by atoms with Crippen molar-refractivity contribution < 1.29 is 9.59 Å². The Kier molecular flexibility index (Phi) is 8.61. The van der Waals surface area contributed by atoms with E-state index in [1.807, 2.05) is 31.2 Å². The second-order valence-electron chi connectivity index (χ2n) is 6.13. The Hall–Kier alpha value is -1.75. The smallest absolute Gasteiger partial charge is 0.242 e. The van der Waals surface area contributed by atoms with Crippen molar-refractivity contribution in [3.8, 4) is 0 Å². The zero-order valence-electron chi connectivity index (χ0n) is 14.3. The zero-order chi connectivity index (χ0) is 16.7. The Bertz CT molecular complexity index is 534. The SMILES string of the molecule is CCCC(=O)N1CCCCC1C(=O)NCCc1ccc(N)cc1.Cl. The molecule has 1 aromatic carbocycles. The summed E-state index contributed by atoms with van der Waals surface area (Å²) in [5.41, 5.74) is 7.54. The minimum Gasteiger partial charge on any atom is -0.399 e. The second-order valence-corrected chi connectivity index (χ2v) is 6.13. The Morgan fingerprint density at radius 2 is 1.96 bits per heavy atom. The maximum atomic E-state index is 12.4. The van der Waals surface area contributed by atoms with Gasteiger partial charge in [-0.1, -0.05) is 19.1 Å². The number of amides is 2. The average Bonchev–Trinajstić information content (AvgIpc) is 2.57. The molecule has 1 aliphatic heterocycles. The molecule has 1 fully saturated rings. The van der Waals surface area contributed by atoms with E-state index in [1.165, 1.54) is 0 Å². The van der Waals surface area contributed by atoms with E-state index in [-0.39, 0.29) is 30.3 Å². The van der Waals surface area contributed by atoms with Crippen molar-refractivity contribution in [3.63, 3.8) is 0 Å². The predicted molar refractivity (Wildman–Crippen MR) is 99.1 cm³/mol. The average molecular weight is 354 g/mol. The first kappa shape index (κ1) is 20.3. The fraction of sp³-hybridized carbons (Fsp3) is 0.556. The van der Waals surface area contributed by atoms with Crippen LogP contribution < -0.4 is 11.1 Å². The highest BCUT2D eigenvalue weighted by Gasteiger charge is 2.31. The topological polar surface area (TPSA) is 75.4 Å². The normalized spacial score (nSPS) is 17.0.